The highest BCUT2D eigenvalue weighted by atomic mass is 32.2. The summed E-state index contributed by atoms with van der Waals surface area (Å²) in [6.45, 7) is 3.58. The van der Waals surface area contributed by atoms with E-state index in [1.807, 2.05) is 6.92 Å². The number of nitro benzene ring substituents is 1. The second kappa shape index (κ2) is 8.66. The second-order valence-corrected chi connectivity index (χ2v) is 7.48. The third-order valence-electron chi connectivity index (χ3n) is 3.71. The minimum Gasteiger partial charge on any atom is -0.457 e. The third-order valence-corrected chi connectivity index (χ3v) is 4.94. The Bertz CT molecular complexity index is 879. The molecular formula is C18H21NO6S. The Labute approximate surface area is 152 Å². The van der Waals surface area contributed by atoms with Gasteiger partial charge in [-0.15, -0.1) is 0 Å². The third kappa shape index (κ3) is 5.45. The Morgan fingerprint density at radius 1 is 1.08 bits per heavy atom. The Hall–Kier alpha value is -2.61. The molecule has 2 aromatic rings. The first-order valence-electron chi connectivity index (χ1n) is 8.26. The van der Waals surface area contributed by atoms with Gasteiger partial charge in [0.25, 0.3) is 5.69 Å². The van der Waals surface area contributed by atoms with Crippen LogP contribution >= 0.6 is 0 Å². The van der Waals surface area contributed by atoms with E-state index >= 15 is 0 Å². The van der Waals surface area contributed by atoms with Gasteiger partial charge in [-0.2, -0.15) is 8.42 Å². The van der Waals surface area contributed by atoms with E-state index in [9.17, 15) is 18.5 Å². The molecule has 0 aliphatic carbocycles. The predicted octanol–water partition coefficient (Wildman–Crippen LogP) is 4.59. The number of nitrogens with zero attached hydrogens (tertiary/aromatic N) is 1. The van der Waals surface area contributed by atoms with E-state index in [-0.39, 0.29) is 17.2 Å². The summed E-state index contributed by atoms with van der Waals surface area (Å²) in [5.74, 6) is 0.745. The molecule has 0 heterocycles. The summed E-state index contributed by atoms with van der Waals surface area (Å²) in [4.78, 5) is 10.5. The van der Waals surface area contributed by atoms with E-state index in [0.29, 0.717) is 23.5 Å². The lowest BCUT2D eigenvalue weighted by Crippen LogP contribution is -2.13. The van der Waals surface area contributed by atoms with Crippen molar-refractivity contribution in [2.75, 3.05) is 5.75 Å². The number of nitro groups is 1. The van der Waals surface area contributed by atoms with Crippen LogP contribution in [-0.4, -0.2) is 19.1 Å². The molecule has 140 valence electrons. The molecule has 0 N–H and O–H groups in total. The number of hydrogen-bond donors (Lipinski definition) is 0. The molecule has 0 saturated heterocycles. The van der Waals surface area contributed by atoms with Gasteiger partial charge >= 0.3 is 10.1 Å². The average Bonchev–Trinajstić information content (AvgIpc) is 2.56. The predicted molar refractivity (Wildman–Crippen MR) is 98.3 cm³/mol. The molecule has 0 bridgehead atoms. The minimum atomic E-state index is -3.67. The van der Waals surface area contributed by atoms with Crippen LogP contribution in [0.1, 0.15) is 31.7 Å². The normalized spacial score (nSPS) is 11.2. The van der Waals surface area contributed by atoms with Crippen LogP contribution in [0.2, 0.25) is 0 Å². The molecule has 0 radical (unpaired) electrons. The number of rotatable bonds is 9. The van der Waals surface area contributed by atoms with Crippen molar-refractivity contribution >= 4 is 15.8 Å². The van der Waals surface area contributed by atoms with Gasteiger partial charge < -0.3 is 8.92 Å². The monoisotopic (exact) mass is 379 g/mol. The molecule has 0 aromatic heterocycles. The second-order valence-electron chi connectivity index (χ2n) is 5.79. The molecule has 2 rings (SSSR count). The standard InChI is InChI=1S/C18H21NO6S/c1-3-4-5-12-26(22,23)25-16-9-6-8-15(13-16)24-18-11-7-10-17(14(18)2)19(20)21/h6-11,13H,3-5,12H2,1-2H3. The fourth-order valence-electron chi connectivity index (χ4n) is 2.34. The number of hydrogen-bond acceptors (Lipinski definition) is 6. The molecule has 0 aliphatic rings. The summed E-state index contributed by atoms with van der Waals surface area (Å²) in [6, 6.07) is 10.7. The van der Waals surface area contributed by atoms with Crippen molar-refractivity contribution in [3.63, 3.8) is 0 Å². The highest BCUT2D eigenvalue weighted by Crippen LogP contribution is 2.32. The van der Waals surface area contributed by atoms with Crippen LogP contribution in [0.4, 0.5) is 5.69 Å². The quantitative estimate of drug-likeness (QED) is 0.273. The smallest absolute Gasteiger partial charge is 0.309 e. The van der Waals surface area contributed by atoms with Gasteiger partial charge in [-0.3, -0.25) is 10.1 Å². The van der Waals surface area contributed by atoms with E-state index in [1.54, 1.807) is 25.1 Å². The largest absolute Gasteiger partial charge is 0.457 e. The zero-order chi connectivity index (χ0) is 19.2. The molecule has 7 nitrogen and oxygen atoms in total. The molecule has 0 fully saturated rings. The molecule has 0 amide bonds. The summed E-state index contributed by atoms with van der Waals surface area (Å²) >= 11 is 0. The van der Waals surface area contributed by atoms with Crippen molar-refractivity contribution in [1.82, 2.24) is 0 Å². The zero-order valence-corrected chi connectivity index (χ0v) is 15.5. The Kier molecular flexibility index (Phi) is 6.57. The van der Waals surface area contributed by atoms with Crippen LogP contribution < -0.4 is 8.92 Å². The Morgan fingerprint density at radius 2 is 1.77 bits per heavy atom. The number of benzene rings is 2. The maximum Gasteiger partial charge on any atom is 0.309 e. The molecule has 0 saturated carbocycles. The average molecular weight is 379 g/mol. The highest BCUT2D eigenvalue weighted by Gasteiger charge is 2.16. The first-order chi connectivity index (χ1) is 12.3. The van der Waals surface area contributed by atoms with Crippen molar-refractivity contribution < 1.29 is 22.3 Å². The van der Waals surface area contributed by atoms with E-state index in [2.05, 4.69) is 0 Å². The lowest BCUT2D eigenvalue weighted by molar-refractivity contribution is -0.385. The van der Waals surface area contributed by atoms with Crippen LogP contribution in [0.25, 0.3) is 0 Å². The van der Waals surface area contributed by atoms with E-state index in [1.165, 1.54) is 24.3 Å². The number of unbranched alkanes of at least 4 members (excludes halogenated alkanes) is 2. The maximum absolute atomic E-state index is 12.0. The van der Waals surface area contributed by atoms with Crippen molar-refractivity contribution in [2.45, 2.75) is 33.1 Å². The van der Waals surface area contributed by atoms with Gasteiger partial charge in [0.05, 0.1) is 16.2 Å². The summed E-state index contributed by atoms with van der Waals surface area (Å²) in [5, 5.41) is 11.0. The van der Waals surface area contributed by atoms with Gasteiger partial charge in [0.1, 0.15) is 17.2 Å². The van der Waals surface area contributed by atoms with Crippen molar-refractivity contribution in [1.29, 1.82) is 0 Å². The molecule has 0 unspecified atom stereocenters. The van der Waals surface area contributed by atoms with Crippen molar-refractivity contribution in [3.05, 3.63) is 58.1 Å². The van der Waals surface area contributed by atoms with Gasteiger partial charge in [0.2, 0.25) is 0 Å². The van der Waals surface area contributed by atoms with E-state index in [4.69, 9.17) is 8.92 Å². The summed E-state index contributed by atoms with van der Waals surface area (Å²) in [5.41, 5.74) is 0.337. The van der Waals surface area contributed by atoms with E-state index in [0.717, 1.165) is 12.8 Å². The lowest BCUT2D eigenvalue weighted by Gasteiger charge is -2.11. The van der Waals surface area contributed by atoms with Gasteiger partial charge in [-0.05, 0) is 31.5 Å². The fourth-order valence-corrected chi connectivity index (χ4v) is 3.38. The Morgan fingerprint density at radius 3 is 2.46 bits per heavy atom. The molecule has 8 heteroatoms. The van der Waals surface area contributed by atoms with Gasteiger partial charge in [0, 0.05) is 12.1 Å². The molecule has 2 aromatic carbocycles. The topological polar surface area (TPSA) is 95.7 Å². The van der Waals surface area contributed by atoms with Crippen LogP contribution in [0.5, 0.6) is 17.2 Å². The Balaban J connectivity index is 2.15. The van der Waals surface area contributed by atoms with Crippen LogP contribution in [0.15, 0.2) is 42.5 Å². The van der Waals surface area contributed by atoms with Crippen LogP contribution in [0, 0.1) is 17.0 Å². The first kappa shape index (κ1) is 19.7. The summed E-state index contributed by atoms with van der Waals surface area (Å²) in [7, 11) is -3.67. The van der Waals surface area contributed by atoms with Crippen molar-refractivity contribution in [3.8, 4) is 17.2 Å². The van der Waals surface area contributed by atoms with Crippen LogP contribution in [0.3, 0.4) is 0 Å². The summed E-state index contributed by atoms with van der Waals surface area (Å²) in [6.07, 6.45) is 2.28. The van der Waals surface area contributed by atoms with E-state index < -0.39 is 15.0 Å². The minimum absolute atomic E-state index is 0.0457. The molecule has 26 heavy (non-hydrogen) atoms. The summed E-state index contributed by atoms with van der Waals surface area (Å²) < 4.78 is 34.7. The van der Waals surface area contributed by atoms with Gasteiger partial charge in [-0.25, -0.2) is 0 Å². The molecule has 0 atom stereocenters. The SMILES string of the molecule is CCCCCS(=O)(=O)Oc1cccc(Oc2cccc([N+](=O)[O-])c2C)c1. The maximum atomic E-state index is 12.0. The number of ether oxygens (including phenoxy) is 1. The van der Waals surface area contributed by atoms with Gasteiger partial charge in [0.15, 0.2) is 0 Å². The molecule has 0 aliphatic heterocycles. The fraction of sp³-hybridized carbons (Fsp3) is 0.333. The molecule has 0 spiro atoms. The highest BCUT2D eigenvalue weighted by molar-refractivity contribution is 7.87. The van der Waals surface area contributed by atoms with Crippen molar-refractivity contribution in [2.24, 2.45) is 0 Å². The first-order valence-corrected chi connectivity index (χ1v) is 9.84. The zero-order valence-electron chi connectivity index (χ0n) is 14.7. The van der Waals surface area contributed by atoms with Crippen LogP contribution in [-0.2, 0) is 10.1 Å². The van der Waals surface area contributed by atoms with Gasteiger partial charge in [-0.1, -0.05) is 31.9 Å². The lowest BCUT2D eigenvalue weighted by atomic mass is 10.2. The molecular weight excluding hydrogens is 358 g/mol.